The van der Waals surface area contributed by atoms with E-state index in [4.69, 9.17) is 32.8 Å². The maximum Gasteiger partial charge on any atom is 0.320 e. The van der Waals surface area contributed by atoms with Gasteiger partial charge in [0.05, 0.1) is 20.5 Å². The Hall–Kier alpha value is -2.41. The van der Waals surface area contributed by atoms with Crippen LogP contribution in [-0.2, 0) is 18.0 Å². The van der Waals surface area contributed by atoms with Crippen LogP contribution in [0.4, 0.5) is 0 Å². The maximum absolute atomic E-state index is 12.1. The van der Waals surface area contributed by atoms with Gasteiger partial charge in [-0.15, -0.1) is 0 Å². The molecule has 0 heterocycles. The molecule has 2 rings (SSSR count). The second-order valence-corrected chi connectivity index (χ2v) is 13.0. The van der Waals surface area contributed by atoms with Crippen LogP contribution in [0.1, 0.15) is 50.7 Å². The Morgan fingerprint density at radius 3 is 1.43 bits per heavy atom. The molecular formula is C26H24N2O4S5. The number of benzene rings is 2. The summed E-state index contributed by atoms with van der Waals surface area (Å²) in [5.74, 6) is -1.26. The van der Waals surface area contributed by atoms with Crippen molar-refractivity contribution in [2.45, 2.75) is 49.0 Å². The van der Waals surface area contributed by atoms with Gasteiger partial charge in [-0.1, -0.05) is 109 Å². The van der Waals surface area contributed by atoms with Crippen molar-refractivity contribution in [3.63, 3.8) is 0 Å². The molecule has 0 saturated heterocycles. The highest BCUT2D eigenvalue weighted by molar-refractivity contribution is 8.25. The van der Waals surface area contributed by atoms with Crippen LogP contribution in [0, 0.1) is 22.7 Å². The molecule has 0 saturated carbocycles. The third-order valence-electron chi connectivity index (χ3n) is 4.99. The number of carbonyl (C=O) groups is 2. The Bertz CT molecular complexity index is 1100. The maximum atomic E-state index is 12.1. The van der Waals surface area contributed by atoms with Gasteiger partial charge in [0.1, 0.15) is 9.49 Å². The average Bonchev–Trinajstić information content (AvgIpc) is 2.91. The van der Waals surface area contributed by atoms with Gasteiger partial charge in [-0.05, 0) is 37.8 Å². The van der Waals surface area contributed by atoms with Crippen molar-refractivity contribution in [1.29, 1.82) is 10.5 Å². The van der Waals surface area contributed by atoms with Crippen LogP contribution in [-0.4, -0.2) is 29.8 Å². The van der Waals surface area contributed by atoms with E-state index in [-0.39, 0.29) is 38.0 Å². The molecule has 0 aliphatic heterocycles. The zero-order valence-corrected chi connectivity index (χ0v) is 24.3. The molecule has 0 aromatic heterocycles. The Morgan fingerprint density at radius 1 is 0.757 bits per heavy atom. The number of thioether (sulfide) groups is 2. The van der Waals surface area contributed by atoms with Crippen LogP contribution in [0.3, 0.4) is 0 Å². The lowest BCUT2D eigenvalue weighted by atomic mass is 10.1. The van der Waals surface area contributed by atoms with Gasteiger partial charge in [0.2, 0.25) is 0 Å². The first-order valence-corrected chi connectivity index (χ1v) is 14.2. The molecule has 6 nitrogen and oxygen atoms in total. The topological polar surface area (TPSA) is 100 Å². The van der Waals surface area contributed by atoms with Gasteiger partial charge in [0.25, 0.3) is 12.3 Å². The first kappa shape index (κ1) is 30.8. The summed E-state index contributed by atoms with van der Waals surface area (Å²) in [6, 6.07) is 23.1. The molecule has 0 amide bonds. The first-order chi connectivity index (χ1) is 17.6. The van der Waals surface area contributed by atoms with E-state index in [1.165, 1.54) is 23.5 Å². The summed E-state index contributed by atoms with van der Waals surface area (Å²) in [5, 5.41) is 19.2. The number of thiocarbonyl (C=S) groups is 2. The summed E-state index contributed by atoms with van der Waals surface area (Å²) in [6.07, 6.45) is 0.291. The number of hydrogen-bond donors (Lipinski definition) is 0. The van der Waals surface area contributed by atoms with Crippen LogP contribution in [0.15, 0.2) is 60.7 Å². The second-order valence-electron chi connectivity index (χ2n) is 8.18. The number of rotatable bonds is 12. The van der Waals surface area contributed by atoms with Gasteiger partial charge >= 0.3 is 11.9 Å². The van der Waals surface area contributed by atoms with Crippen molar-refractivity contribution in [3.8, 4) is 12.1 Å². The van der Waals surface area contributed by atoms with Crippen LogP contribution < -0.4 is 0 Å². The fourth-order valence-electron chi connectivity index (χ4n) is 2.79. The van der Waals surface area contributed by atoms with Crippen molar-refractivity contribution in [2.75, 3.05) is 0 Å². The molecule has 0 bridgehead atoms. The van der Waals surface area contributed by atoms with Crippen molar-refractivity contribution < 1.29 is 18.0 Å². The van der Waals surface area contributed by atoms with Gasteiger partial charge in [-0.3, -0.25) is 9.59 Å². The minimum absolute atomic E-state index is 0.0565. The molecule has 0 aliphatic rings. The third-order valence-corrected chi connectivity index (χ3v) is 8.81. The van der Waals surface area contributed by atoms with Gasteiger partial charge < -0.3 is 8.37 Å². The molecular weight excluding hydrogens is 565 g/mol. The molecule has 192 valence electrons. The van der Waals surface area contributed by atoms with Crippen LogP contribution in [0.5, 0.6) is 0 Å². The quantitative estimate of drug-likeness (QED) is 0.190. The van der Waals surface area contributed by atoms with E-state index in [9.17, 15) is 20.1 Å². The molecule has 0 spiro atoms. The lowest BCUT2D eigenvalue weighted by molar-refractivity contribution is -0.136. The number of carbonyl (C=O) groups excluding carboxylic acids is 2. The van der Waals surface area contributed by atoms with Crippen LogP contribution >= 0.6 is 60.3 Å². The molecule has 2 aromatic carbocycles. The second kappa shape index (κ2) is 15.1. The molecule has 0 radical (unpaired) electrons. The summed E-state index contributed by atoms with van der Waals surface area (Å²) in [5.41, 5.74) is 1.67. The van der Waals surface area contributed by atoms with Gasteiger partial charge in [-0.2, -0.15) is 10.5 Å². The molecule has 37 heavy (non-hydrogen) atoms. The lowest BCUT2D eigenvalue weighted by Crippen LogP contribution is -2.22. The molecule has 0 fully saturated rings. The Morgan fingerprint density at radius 2 is 1.11 bits per heavy atom. The summed E-state index contributed by atoms with van der Waals surface area (Å²) in [4.78, 5) is 24.2. The smallest absolute Gasteiger partial charge is 0.320 e. The highest BCUT2D eigenvalue weighted by Gasteiger charge is 2.30. The minimum atomic E-state index is -0.924. The predicted molar refractivity (Wildman–Crippen MR) is 158 cm³/mol. The van der Waals surface area contributed by atoms with E-state index in [0.717, 1.165) is 11.1 Å². The number of nitrogens with zero attached hydrogens (tertiary/aromatic N) is 2. The van der Waals surface area contributed by atoms with E-state index < -0.39 is 21.4 Å². The molecule has 0 aliphatic carbocycles. The average molecular weight is 589 g/mol. The van der Waals surface area contributed by atoms with E-state index >= 15 is 0 Å². The summed E-state index contributed by atoms with van der Waals surface area (Å²) in [6.45, 7) is 3.42. The fraction of sp³-hybridized carbons (Fsp3) is 0.308. The van der Waals surface area contributed by atoms with Crippen molar-refractivity contribution in [2.24, 2.45) is 0 Å². The monoisotopic (exact) mass is 588 g/mol. The first-order valence-electron chi connectivity index (χ1n) is 11.1. The van der Waals surface area contributed by atoms with E-state index in [2.05, 4.69) is 12.1 Å². The molecule has 2 aromatic rings. The fourth-order valence-corrected chi connectivity index (χ4v) is 6.35. The molecule has 11 heteroatoms. The summed E-state index contributed by atoms with van der Waals surface area (Å²) >= 11 is 13.6. The molecule has 0 N–H and O–H groups in total. The van der Waals surface area contributed by atoms with Gasteiger partial charge in [-0.25, -0.2) is 0 Å². The van der Waals surface area contributed by atoms with E-state index in [0.29, 0.717) is 8.39 Å². The summed E-state index contributed by atoms with van der Waals surface area (Å²) in [7, 11) is 0. The molecule has 2 atom stereocenters. The van der Waals surface area contributed by atoms with E-state index in [1.54, 1.807) is 13.8 Å². The zero-order valence-electron chi connectivity index (χ0n) is 20.2. The highest BCUT2D eigenvalue weighted by atomic mass is 32.2. The largest absolute Gasteiger partial charge is 0.355 e. The lowest BCUT2D eigenvalue weighted by Gasteiger charge is -2.21. The Balaban J connectivity index is 1.73. The Labute approximate surface area is 240 Å². The third kappa shape index (κ3) is 10.8. The normalized spacial score (nSPS) is 13.6. The predicted octanol–water partition coefficient (Wildman–Crippen LogP) is 6.98. The Kier molecular flexibility index (Phi) is 12.6. The minimum Gasteiger partial charge on any atom is -0.355 e. The van der Waals surface area contributed by atoms with Gasteiger partial charge in [0.15, 0.2) is 0 Å². The van der Waals surface area contributed by atoms with Gasteiger partial charge in [0, 0.05) is 12.8 Å². The zero-order chi connectivity index (χ0) is 27.3. The van der Waals surface area contributed by atoms with Crippen molar-refractivity contribution in [1.82, 2.24) is 0 Å². The van der Waals surface area contributed by atoms with E-state index in [1.807, 2.05) is 60.7 Å². The van der Waals surface area contributed by atoms with Crippen molar-refractivity contribution in [3.05, 3.63) is 71.8 Å². The SMILES string of the molecule is CC(C#N)(CCC(=O)OSOC(=O)CCC(C)(C#N)SC(=S)c1ccccc1)SC(=S)c1ccccc1. The van der Waals surface area contributed by atoms with Crippen molar-refractivity contribution >= 4 is 80.6 Å². The van der Waals surface area contributed by atoms with Crippen LogP contribution in [0.25, 0.3) is 0 Å². The highest BCUT2D eigenvalue weighted by Crippen LogP contribution is 2.34. The molecule has 2 unspecified atom stereocenters. The standard InChI is InChI=1S/C26H24N2O4S5/c1-25(17-27,35-23(33)19-9-5-3-6-10-19)15-13-21(29)31-37-32-22(30)14-16-26(2,18-28)36-24(34)20-11-7-4-8-12-20/h3-12H,13-16H2,1-2H3. The summed E-state index contributed by atoms with van der Waals surface area (Å²) < 4.78 is 9.11. The number of nitriles is 2. The van der Waals surface area contributed by atoms with Crippen LogP contribution in [0.2, 0.25) is 0 Å². The number of hydrogen-bond acceptors (Lipinski definition) is 11.